The molecular weight excluding hydrogens is 602 g/mol. The number of halogens is 1. The third kappa shape index (κ3) is 11.4. The zero-order valence-electron chi connectivity index (χ0n) is 23.4. The van der Waals surface area contributed by atoms with Crippen molar-refractivity contribution >= 4 is 46.0 Å². The molecule has 0 saturated carbocycles. The van der Waals surface area contributed by atoms with Crippen LogP contribution < -0.4 is 15.4 Å². The minimum Gasteiger partial charge on any atom is -0.484 e. The van der Waals surface area contributed by atoms with E-state index in [0.717, 1.165) is 28.6 Å². The van der Waals surface area contributed by atoms with Crippen molar-refractivity contribution in [3.05, 3.63) is 144 Å². The molecule has 0 spiro atoms. The standard InChI is InChI=1S/C29H26ClN3O3.C6H6.Fe/c30-23-10-13-25-26(15-18-32-27(25)19-23)31-16-4-17-33-29(35)20-36-24-11-7-21(8-12-24)9-14-28(34)22-5-2-1-3-6-22;1-2-4-6-5-3-1;/h1-3,5-15,18-19H,4,16-17,20H2,(H,31,32)(H,33,35);1-6H;/b14-9+;;. The molecule has 1 heterocycles. The summed E-state index contributed by atoms with van der Waals surface area (Å²) in [5.41, 5.74) is 3.33. The predicted octanol–water partition coefficient (Wildman–Crippen LogP) is 7.47. The maximum absolute atomic E-state index is 12.2. The minimum atomic E-state index is -0.184. The summed E-state index contributed by atoms with van der Waals surface area (Å²) in [6, 6.07) is 35.9. The average Bonchev–Trinajstić information content (AvgIpc) is 3.04. The number of amides is 1. The van der Waals surface area contributed by atoms with Crippen LogP contribution in [0.25, 0.3) is 17.0 Å². The number of rotatable bonds is 11. The molecule has 5 rings (SSSR count). The Labute approximate surface area is 267 Å². The van der Waals surface area contributed by atoms with Gasteiger partial charge in [0.15, 0.2) is 12.4 Å². The molecule has 0 atom stereocenters. The van der Waals surface area contributed by atoms with Crippen molar-refractivity contribution < 1.29 is 31.4 Å². The summed E-state index contributed by atoms with van der Waals surface area (Å²) in [4.78, 5) is 28.6. The first-order valence-corrected chi connectivity index (χ1v) is 14.0. The Morgan fingerprint density at radius 2 is 1.49 bits per heavy atom. The number of aromatic nitrogens is 1. The van der Waals surface area contributed by atoms with Gasteiger partial charge in [0.25, 0.3) is 5.91 Å². The van der Waals surface area contributed by atoms with E-state index >= 15 is 0 Å². The van der Waals surface area contributed by atoms with Crippen molar-refractivity contribution in [1.29, 1.82) is 0 Å². The van der Waals surface area contributed by atoms with Crippen LogP contribution in [0.1, 0.15) is 22.3 Å². The molecule has 0 aliphatic carbocycles. The second kappa shape index (κ2) is 18.2. The molecule has 0 bridgehead atoms. The van der Waals surface area contributed by atoms with Crippen molar-refractivity contribution in [2.24, 2.45) is 0 Å². The second-order valence-corrected chi connectivity index (χ2v) is 9.66. The molecule has 0 saturated heterocycles. The van der Waals surface area contributed by atoms with E-state index in [1.54, 1.807) is 42.6 Å². The number of fused-ring (bicyclic) bond motifs is 1. The second-order valence-electron chi connectivity index (χ2n) is 9.23. The third-order valence-electron chi connectivity index (χ3n) is 6.10. The zero-order valence-corrected chi connectivity index (χ0v) is 25.3. The summed E-state index contributed by atoms with van der Waals surface area (Å²) in [6.45, 7) is 1.17. The van der Waals surface area contributed by atoms with E-state index in [1.165, 1.54) is 0 Å². The monoisotopic (exact) mass is 633 g/mol. The summed E-state index contributed by atoms with van der Waals surface area (Å²) >= 11 is 6.04. The number of hydrogen-bond donors (Lipinski definition) is 2. The Kier molecular flexibility index (Phi) is 14.0. The molecule has 4 aromatic carbocycles. The van der Waals surface area contributed by atoms with Crippen LogP contribution in [0.2, 0.25) is 5.02 Å². The number of allylic oxidation sites excluding steroid dienone is 1. The van der Waals surface area contributed by atoms with Crippen molar-refractivity contribution in [2.45, 2.75) is 6.42 Å². The number of anilines is 1. The normalized spacial score (nSPS) is 10.3. The SMILES string of the molecule is O=C(COc1ccc(/C=C/C(=O)c2ccccc2)cc1)NCCCNc1ccnc2cc(Cl)ccc12.[Fe].c1ccccc1. The first-order chi connectivity index (χ1) is 20.6. The topological polar surface area (TPSA) is 80.3 Å². The number of nitrogens with zero attached hydrogens (tertiary/aromatic N) is 1. The summed E-state index contributed by atoms with van der Waals surface area (Å²) in [5.74, 6) is 0.348. The van der Waals surface area contributed by atoms with Gasteiger partial charge in [-0.05, 0) is 54.5 Å². The van der Waals surface area contributed by atoms with Crippen LogP contribution in [-0.4, -0.2) is 36.4 Å². The fourth-order valence-corrected chi connectivity index (χ4v) is 4.11. The van der Waals surface area contributed by atoms with Crippen molar-refractivity contribution in [2.75, 3.05) is 25.0 Å². The van der Waals surface area contributed by atoms with E-state index in [9.17, 15) is 9.59 Å². The van der Waals surface area contributed by atoms with Gasteiger partial charge in [0, 0.05) is 58.0 Å². The molecular formula is C35H32ClFeN3O3. The van der Waals surface area contributed by atoms with Gasteiger partial charge in [-0.1, -0.05) is 96.5 Å². The minimum absolute atomic E-state index is 0. The zero-order chi connectivity index (χ0) is 29.4. The summed E-state index contributed by atoms with van der Waals surface area (Å²) in [5, 5.41) is 7.90. The van der Waals surface area contributed by atoms with E-state index in [4.69, 9.17) is 16.3 Å². The molecule has 0 unspecified atom stereocenters. The number of ketones is 1. The number of ether oxygens (including phenoxy) is 1. The smallest absolute Gasteiger partial charge is 0.257 e. The third-order valence-corrected chi connectivity index (χ3v) is 6.33. The van der Waals surface area contributed by atoms with Crippen LogP contribution in [-0.2, 0) is 21.9 Å². The van der Waals surface area contributed by atoms with Crippen LogP contribution in [0.5, 0.6) is 5.75 Å². The first-order valence-electron chi connectivity index (χ1n) is 13.6. The van der Waals surface area contributed by atoms with E-state index in [0.29, 0.717) is 29.4 Å². The molecule has 220 valence electrons. The largest absolute Gasteiger partial charge is 0.484 e. The number of pyridine rings is 1. The maximum atomic E-state index is 12.2. The van der Waals surface area contributed by atoms with Gasteiger partial charge in [-0.15, -0.1) is 0 Å². The van der Waals surface area contributed by atoms with E-state index in [1.807, 2.05) is 91.0 Å². The first kappa shape index (κ1) is 33.1. The Hall–Kier alpha value is -4.42. The number of hydrogen-bond acceptors (Lipinski definition) is 5. The van der Waals surface area contributed by atoms with Gasteiger partial charge in [0.2, 0.25) is 0 Å². The van der Waals surface area contributed by atoms with Crippen LogP contribution >= 0.6 is 11.6 Å². The van der Waals surface area contributed by atoms with Gasteiger partial charge in [-0.25, -0.2) is 0 Å². The number of carbonyl (C=O) groups is 2. The van der Waals surface area contributed by atoms with Gasteiger partial charge in [0.05, 0.1) is 5.52 Å². The average molecular weight is 634 g/mol. The molecule has 6 nitrogen and oxygen atoms in total. The fourth-order valence-electron chi connectivity index (χ4n) is 3.95. The van der Waals surface area contributed by atoms with Gasteiger partial charge in [0.1, 0.15) is 5.75 Å². The molecule has 0 aliphatic heterocycles. The molecule has 0 radical (unpaired) electrons. The van der Waals surface area contributed by atoms with Crippen LogP contribution in [0.15, 0.2) is 128 Å². The van der Waals surface area contributed by atoms with E-state index in [2.05, 4.69) is 15.6 Å². The van der Waals surface area contributed by atoms with E-state index < -0.39 is 0 Å². The summed E-state index contributed by atoms with van der Waals surface area (Å²) < 4.78 is 5.57. The molecule has 2 N–H and O–H groups in total. The predicted molar refractivity (Wildman–Crippen MR) is 171 cm³/mol. The molecule has 0 fully saturated rings. The van der Waals surface area contributed by atoms with Crippen LogP contribution in [0.4, 0.5) is 5.69 Å². The molecule has 1 aromatic heterocycles. The summed E-state index contributed by atoms with van der Waals surface area (Å²) in [7, 11) is 0. The Balaban J connectivity index is 0.000000645. The van der Waals surface area contributed by atoms with Crippen LogP contribution in [0, 0.1) is 0 Å². The Bertz CT molecular complexity index is 1570. The quantitative estimate of drug-likeness (QED) is 0.0683. The van der Waals surface area contributed by atoms with Crippen molar-refractivity contribution in [3.63, 3.8) is 0 Å². The number of carbonyl (C=O) groups excluding carboxylic acids is 2. The Morgan fingerprint density at radius 1 is 0.814 bits per heavy atom. The number of benzene rings is 4. The van der Waals surface area contributed by atoms with Crippen molar-refractivity contribution in [1.82, 2.24) is 10.3 Å². The fraction of sp³-hybridized carbons (Fsp3) is 0.114. The van der Waals surface area contributed by atoms with Gasteiger partial charge < -0.3 is 15.4 Å². The molecule has 0 aliphatic rings. The van der Waals surface area contributed by atoms with Gasteiger partial charge in [-0.3, -0.25) is 14.6 Å². The molecule has 43 heavy (non-hydrogen) atoms. The van der Waals surface area contributed by atoms with Gasteiger partial charge in [-0.2, -0.15) is 0 Å². The Morgan fingerprint density at radius 3 is 2.19 bits per heavy atom. The maximum Gasteiger partial charge on any atom is 0.257 e. The molecule has 1 amide bonds. The molecule has 5 aromatic rings. The summed E-state index contributed by atoms with van der Waals surface area (Å²) in [6.07, 6.45) is 5.79. The van der Waals surface area contributed by atoms with Gasteiger partial charge >= 0.3 is 0 Å². The van der Waals surface area contributed by atoms with Crippen LogP contribution in [0.3, 0.4) is 0 Å². The number of nitrogens with one attached hydrogen (secondary N) is 2. The molecule has 8 heteroatoms. The van der Waals surface area contributed by atoms with E-state index in [-0.39, 0.29) is 35.4 Å². The van der Waals surface area contributed by atoms with Crippen molar-refractivity contribution in [3.8, 4) is 5.75 Å².